The van der Waals surface area contributed by atoms with Crippen molar-refractivity contribution in [3.05, 3.63) is 11.1 Å². The second-order valence-corrected chi connectivity index (χ2v) is 8.06. The van der Waals surface area contributed by atoms with Crippen molar-refractivity contribution in [3.63, 3.8) is 0 Å². The Balaban J connectivity index is 1.62. The number of fused-ring (bicyclic) bond motifs is 1. The Bertz CT molecular complexity index is 469. The first-order chi connectivity index (χ1) is 8.82. The number of nitrogens with one attached hydrogen (secondary N) is 1. The first-order valence-corrected chi connectivity index (χ1v) is 8.46. The van der Waals surface area contributed by atoms with E-state index in [2.05, 4.69) is 15.3 Å². The molecule has 0 radical (unpaired) electrons. The Morgan fingerprint density at radius 3 is 2.44 bits per heavy atom. The summed E-state index contributed by atoms with van der Waals surface area (Å²) >= 11 is 1.94. The molecular weight excluding hydrogens is 240 g/mol. The average Bonchev–Trinajstić information content (AvgIpc) is 2.87. The highest BCUT2D eigenvalue weighted by Gasteiger charge is 2.54. The highest BCUT2D eigenvalue weighted by atomic mass is 32.1. The second-order valence-electron chi connectivity index (χ2n) is 7.20. The van der Waals surface area contributed by atoms with Gasteiger partial charge in [0, 0.05) is 10.8 Å². The summed E-state index contributed by atoms with van der Waals surface area (Å²) in [4.78, 5) is 0. The third kappa shape index (κ3) is 1.21. The van der Waals surface area contributed by atoms with Crippen molar-refractivity contribution < 1.29 is 4.57 Å². The van der Waals surface area contributed by atoms with Crippen LogP contribution in [0.1, 0.15) is 44.2 Å². The molecule has 2 nitrogen and oxygen atoms in total. The topological polar surface area (TPSA) is 15.9 Å². The fraction of sp³-hybridized carbons (Fsp3) is 0.800. The molecule has 4 aliphatic carbocycles. The standard InChI is InChI=1S/C15H20N2S/c1-2-17-13(9-18-14(17)16-1)15-6-10-3-11(7-15)5-12(4-10)8-15/h9-12H,1-8H2/p+1. The molecule has 0 saturated heterocycles. The van der Waals surface area contributed by atoms with E-state index < -0.39 is 0 Å². The van der Waals surface area contributed by atoms with Crippen molar-refractivity contribution >= 4 is 16.5 Å². The zero-order chi connectivity index (χ0) is 11.7. The Morgan fingerprint density at radius 2 is 1.78 bits per heavy atom. The minimum Gasteiger partial charge on any atom is -0.261 e. The van der Waals surface area contributed by atoms with Gasteiger partial charge in [0.25, 0.3) is 0 Å². The molecule has 6 rings (SSSR count). The third-order valence-electron chi connectivity index (χ3n) is 6.01. The van der Waals surface area contributed by atoms with Gasteiger partial charge in [0.15, 0.2) is 0 Å². The van der Waals surface area contributed by atoms with Crippen LogP contribution in [-0.2, 0) is 12.0 Å². The number of hydrogen-bond acceptors (Lipinski definition) is 2. The van der Waals surface area contributed by atoms with E-state index in [0.29, 0.717) is 5.41 Å². The summed E-state index contributed by atoms with van der Waals surface area (Å²) in [5.41, 5.74) is 2.28. The normalized spacial score (nSPS) is 44.1. The predicted molar refractivity (Wildman–Crippen MR) is 72.9 cm³/mol. The van der Waals surface area contributed by atoms with E-state index in [4.69, 9.17) is 0 Å². The van der Waals surface area contributed by atoms with Gasteiger partial charge in [-0.15, -0.1) is 0 Å². The van der Waals surface area contributed by atoms with Crippen molar-refractivity contribution in [2.24, 2.45) is 17.8 Å². The van der Waals surface area contributed by atoms with Crippen molar-refractivity contribution in [1.82, 2.24) is 0 Å². The van der Waals surface area contributed by atoms with E-state index in [1.54, 1.807) is 25.0 Å². The SMILES string of the molecule is c1sc2[n+](c1C13CC4CC(CC(C4)C1)C3)CCN2. The summed E-state index contributed by atoms with van der Waals surface area (Å²) in [6.07, 6.45) is 9.14. The molecule has 4 saturated carbocycles. The second kappa shape index (κ2) is 3.30. The van der Waals surface area contributed by atoms with Gasteiger partial charge in [0.1, 0.15) is 18.8 Å². The molecule has 1 aromatic rings. The minimum atomic E-state index is 0.579. The lowest BCUT2D eigenvalue weighted by atomic mass is 9.49. The highest BCUT2D eigenvalue weighted by molar-refractivity contribution is 7.13. The number of nitrogens with zero attached hydrogens (tertiary/aromatic N) is 1. The maximum absolute atomic E-state index is 3.53. The third-order valence-corrected chi connectivity index (χ3v) is 6.94. The van der Waals surface area contributed by atoms with E-state index in [1.165, 1.54) is 30.9 Å². The Morgan fingerprint density at radius 1 is 1.11 bits per heavy atom. The summed E-state index contributed by atoms with van der Waals surface area (Å²) in [5.74, 6) is 3.17. The number of hydrogen-bond donors (Lipinski definition) is 1. The molecular formula is C15H21N2S+. The van der Waals surface area contributed by atoms with E-state index in [-0.39, 0.29) is 0 Å². The molecule has 2 heterocycles. The summed E-state index contributed by atoms with van der Waals surface area (Å²) in [6, 6.07) is 0. The van der Waals surface area contributed by atoms with Gasteiger partial charge in [-0.3, -0.25) is 5.32 Å². The molecule has 0 unspecified atom stereocenters. The van der Waals surface area contributed by atoms with Crippen LogP contribution in [0.5, 0.6) is 0 Å². The lowest BCUT2D eigenvalue weighted by molar-refractivity contribution is -0.679. The van der Waals surface area contributed by atoms with Crippen molar-refractivity contribution in [1.29, 1.82) is 0 Å². The van der Waals surface area contributed by atoms with Gasteiger partial charge < -0.3 is 0 Å². The van der Waals surface area contributed by atoms with Gasteiger partial charge in [-0.05, 0) is 56.3 Å². The van der Waals surface area contributed by atoms with E-state index in [1.807, 2.05) is 11.3 Å². The van der Waals surface area contributed by atoms with Crippen molar-refractivity contribution in [2.75, 3.05) is 11.9 Å². The molecule has 0 spiro atoms. The monoisotopic (exact) mass is 261 g/mol. The number of thiazole rings is 1. The fourth-order valence-corrected chi connectivity index (χ4v) is 6.92. The molecule has 0 atom stereocenters. The first kappa shape index (κ1) is 10.2. The van der Waals surface area contributed by atoms with Gasteiger partial charge >= 0.3 is 5.13 Å². The largest absolute Gasteiger partial charge is 0.334 e. The van der Waals surface area contributed by atoms with E-state index >= 15 is 0 Å². The molecule has 0 amide bonds. The van der Waals surface area contributed by atoms with Crippen LogP contribution in [0, 0.1) is 17.8 Å². The maximum atomic E-state index is 3.53. The molecule has 4 fully saturated rings. The molecule has 3 heteroatoms. The molecule has 1 aliphatic heterocycles. The molecule has 1 N–H and O–H groups in total. The average molecular weight is 261 g/mol. The first-order valence-electron chi connectivity index (χ1n) is 7.58. The summed E-state index contributed by atoms with van der Waals surface area (Å²) in [6.45, 7) is 2.35. The summed E-state index contributed by atoms with van der Waals surface area (Å²) < 4.78 is 2.61. The summed E-state index contributed by atoms with van der Waals surface area (Å²) in [5, 5.41) is 7.43. The Hall–Kier alpha value is -0.570. The molecule has 18 heavy (non-hydrogen) atoms. The Kier molecular flexibility index (Phi) is 1.88. The molecule has 0 aromatic carbocycles. The van der Waals surface area contributed by atoms with Crippen LogP contribution in [0.2, 0.25) is 0 Å². The molecule has 5 aliphatic rings. The van der Waals surface area contributed by atoms with Crippen LogP contribution in [-0.4, -0.2) is 6.54 Å². The van der Waals surface area contributed by atoms with E-state index in [0.717, 1.165) is 24.3 Å². The van der Waals surface area contributed by atoms with Crippen LogP contribution >= 0.6 is 11.3 Å². The quantitative estimate of drug-likeness (QED) is 0.769. The maximum Gasteiger partial charge on any atom is 0.334 e. The highest BCUT2D eigenvalue weighted by Crippen LogP contribution is 2.60. The Labute approximate surface area is 112 Å². The van der Waals surface area contributed by atoms with Gasteiger partial charge in [0.2, 0.25) is 0 Å². The van der Waals surface area contributed by atoms with Gasteiger partial charge in [0.05, 0.1) is 0 Å². The lowest BCUT2D eigenvalue weighted by Gasteiger charge is -2.55. The summed E-state index contributed by atoms with van der Waals surface area (Å²) in [7, 11) is 0. The van der Waals surface area contributed by atoms with Crippen LogP contribution in [0.3, 0.4) is 0 Å². The van der Waals surface area contributed by atoms with Crippen molar-refractivity contribution in [2.45, 2.75) is 50.5 Å². The van der Waals surface area contributed by atoms with Crippen LogP contribution < -0.4 is 9.88 Å². The molecule has 96 valence electrons. The van der Waals surface area contributed by atoms with Gasteiger partial charge in [-0.2, -0.15) is 0 Å². The molecule has 1 aromatic heterocycles. The predicted octanol–water partition coefficient (Wildman–Crippen LogP) is 2.93. The number of anilines is 1. The molecule has 4 bridgehead atoms. The van der Waals surface area contributed by atoms with Crippen LogP contribution in [0.25, 0.3) is 0 Å². The van der Waals surface area contributed by atoms with Crippen LogP contribution in [0.4, 0.5) is 5.13 Å². The lowest BCUT2D eigenvalue weighted by Crippen LogP contribution is -2.53. The van der Waals surface area contributed by atoms with Gasteiger partial charge in [-0.25, -0.2) is 4.57 Å². The van der Waals surface area contributed by atoms with Gasteiger partial charge in [-0.1, -0.05) is 11.3 Å². The minimum absolute atomic E-state index is 0.579. The number of aromatic nitrogens is 1. The van der Waals surface area contributed by atoms with Crippen LogP contribution in [0.15, 0.2) is 5.38 Å². The zero-order valence-corrected chi connectivity index (χ0v) is 11.6. The zero-order valence-electron chi connectivity index (χ0n) is 10.8. The van der Waals surface area contributed by atoms with Crippen molar-refractivity contribution in [3.8, 4) is 0 Å². The number of rotatable bonds is 1. The van der Waals surface area contributed by atoms with E-state index in [9.17, 15) is 0 Å². The fourth-order valence-electron chi connectivity index (χ4n) is 5.82. The smallest absolute Gasteiger partial charge is 0.261 e.